The Morgan fingerprint density at radius 2 is 1.43 bits per heavy atom. The molecular weight excluding hydrogens is 196 g/mol. The Balaban J connectivity index is 2.41. The highest BCUT2D eigenvalue weighted by Crippen LogP contribution is 2.62. The van der Waals surface area contributed by atoms with E-state index in [1.54, 1.807) is 0 Å². The molecular formula is C11H20O2S. The lowest BCUT2D eigenvalue weighted by atomic mass is 9.90. The fraction of sp³-hybridized carbons (Fsp3) is 1.00. The molecule has 0 heterocycles. The van der Waals surface area contributed by atoms with Crippen LogP contribution in [0.25, 0.3) is 0 Å². The molecule has 0 radical (unpaired) electrons. The van der Waals surface area contributed by atoms with Gasteiger partial charge in [0.05, 0.1) is 9.49 Å². The van der Waals surface area contributed by atoms with Gasteiger partial charge in [0.2, 0.25) is 0 Å². The maximum Gasteiger partial charge on any atom is 0.161 e. The summed E-state index contributed by atoms with van der Waals surface area (Å²) in [5.74, 6) is 0. The van der Waals surface area contributed by atoms with E-state index in [4.69, 9.17) is 0 Å². The van der Waals surface area contributed by atoms with Crippen LogP contribution in [0.2, 0.25) is 0 Å². The Kier molecular flexibility index (Phi) is 1.77. The van der Waals surface area contributed by atoms with Crippen LogP contribution in [-0.4, -0.2) is 17.9 Å². The lowest BCUT2D eigenvalue weighted by Gasteiger charge is -2.33. The topological polar surface area (TPSA) is 34.1 Å². The number of rotatable bonds is 2. The summed E-state index contributed by atoms with van der Waals surface area (Å²) in [6.45, 7) is 8.09. The quantitative estimate of drug-likeness (QED) is 0.711. The van der Waals surface area contributed by atoms with Gasteiger partial charge in [-0.2, -0.15) is 0 Å². The first-order valence-electron chi connectivity index (χ1n) is 5.41. The van der Waals surface area contributed by atoms with E-state index < -0.39 is 14.6 Å². The summed E-state index contributed by atoms with van der Waals surface area (Å²) in [6.07, 6.45) is 3.48. The normalized spacial score (nSPS) is 28.6. The second-order valence-corrected chi connectivity index (χ2v) is 8.97. The van der Waals surface area contributed by atoms with Crippen LogP contribution in [0.3, 0.4) is 0 Å². The van der Waals surface area contributed by atoms with Crippen LogP contribution in [0, 0.1) is 5.41 Å². The molecule has 0 atom stereocenters. The molecule has 0 aromatic heterocycles. The summed E-state index contributed by atoms with van der Waals surface area (Å²) < 4.78 is 24.1. The Morgan fingerprint density at radius 3 is 1.64 bits per heavy atom. The summed E-state index contributed by atoms with van der Waals surface area (Å²) in [4.78, 5) is 0. The van der Waals surface area contributed by atoms with Crippen molar-refractivity contribution in [1.82, 2.24) is 0 Å². The molecule has 0 aromatic rings. The smallest absolute Gasteiger partial charge is 0.161 e. The van der Waals surface area contributed by atoms with Crippen LogP contribution >= 0.6 is 0 Å². The van der Waals surface area contributed by atoms with Gasteiger partial charge in [-0.15, -0.1) is 0 Å². The van der Waals surface area contributed by atoms with Gasteiger partial charge in [0.1, 0.15) is 0 Å². The molecule has 0 bridgehead atoms. The van der Waals surface area contributed by atoms with Crippen molar-refractivity contribution in [2.24, 2.45) is 5.41 Å². The Hall–Kier alpha value is -0.0500. The van der Waals surface area contributed by atoms with Crippen molar-refractivity contribution in [2.45, 2.75) is 62.9 Å². The van der Waals surface area contributed by atoms with Gasteiger partial charge in [-0.3, -0.25) is 0 Å². The average molecular weight is 216 g/mol. The van der Waals surface area contributed by atoms with Crippen molar-refractivity contribution in [2.75, 3.05) is 0 Å². The van der Waals surface area contributed by atoms with Crippen LogP contribution < -0.4 is 0 Å². The minimum Gasteiger partial charge on any atom is -0.228 e. The van der Waals surface area contributed by atoms with Crippen LogP contribution in [-0.2, 0) is 9.84 Å². The van der Waals surface area contributed by atoms with Crippen molar-refractivity contribution >= 4 is 9.84 Å². The van der Waals surface area contributed by atoms with Gasteiger partial charge < -0.3 is 0 Å². The van der Waals surface area contributed by atoms with Crippen molar-refractivity contribution in [3.8, 4) is 0 Å². The van der Waals surface area contributed by atoms with E-state index in [9.17, 15) is 8.42 Å². The average Bonchev–Trinajstić information content (AvgIpc) is 2.74. The molecule has 0 N–H and O–H groups in total. The molecule has 14 heavy (non-hydrogen) atoms. The van der Waals surface area contributed by atoms with E-state index in [1.807, 2.05) is 6.92 Å². The highest BCUT2D eigenvalue weighted by Gasteiger charge is 2.69. The lowest BCUT2D eigenvalue weighted by Crippen LogP contribution is -2.42. The van der Waals surface area contributed by atoms with E-state index in [0.29, 0.717) is 0 Å². The number of hydrogen-bond acceptors (Lipinski definition) is 2. The summed E-state index contributed by atoms with van der Waals surface area (Å²) in [6, 6.07) is 0. The maximum absolute atomic E-state index is 12.4. The molecule has 82 valence electrons. The van der Waals surface area contributed by atoms with Gasteiger partial charge >= 0.3 is 0 Å². The van der Waals surface area contributed by atoms with Gasteiger partial charge in [-0.25, -0.2) is 8.42 Å². The largest absolute Gasteiger partial charge is 0.228 e. The highest BCUT2D eigenvalue weighted by molar-refractivity contribution is 7.94. The lowest BCUT2D eigenvalue weighted by molar-refractivity contribution is 0.359. The van der Waals surface area contributed by atoms with Crippen LogP contribution in [0.15, 0.2) is 0 Å². The zero-order valence-electron chi connectivity index (χ0n) is 9.55. The Labute approximate surface area is 87.0 Å². The Morgan fingerprint density at radius 1 is 1.00 bits per heavy atom. The van der Waals surface area contributed by atoms with Crippen molar-refractivity contribution in [3.63, 3.8) is 0 Å². The van der Waals surface area contributed by atoms with E-state index >= 15 is 0 Å². The summed E-state index contributed by atoms with van der Waals surface area (Å²) in [5, 5.41) is 0. The molecule has 0 spiro atoms. The fourth-order valence-corrected chi connectivity index (χ4v) is 5.48. The first-order valence-corrected chi connectivity index (χ1v) is 6.89. The van der Waals surface area contributed by atoms with Gasteiger partial charge in [-0.05, 0) is 38.0 Å². The van der Waals surface area contributed by atoms with Crippen LogP contribution in [0.4, 0.5) is 0 Å². The summed E-state index contributed by atoms with van der Waals surface area (Å²) in [7, 11) is -2.91. The van der Waals surface area contributed by atoms with E-state index in [1.165, 1.54) is 0 Å². The second kappa shape index (κ2) is 2.37. The first kappa shape index (κ1) is 10.5. The predicted molar refractivity (Wildman–Crippen MR) is 58.0 cm³/mol. The zero-order chi connectivity index (χ0) is 10.8. The van der Waals surface area contributed by atoms with Gasteiger partial charge in [-0.1, -0.05) is 20.8 Å². The monoisotopic (exact) mass is 216 g/mol. The van der Waals surface area contributed by atoms with Crippen LogP contribution in [0.5, 0.6) is 0 Å². The molecule has 2 nitrogen and oxygen atoms in total. The molecule has 2 fully saturated rings. The molecule has 0 amide bonds. The van der Waals surface area contributed by atoms with E-state index in [-0.39, 0.29) is 10.2 Å². The van der Waals surface area contributed by atoms with Crippen molar-refractivity contribution in [1.29, 1.82) is 0 Å². The SMILES string of the molecule is CC(C)(C)C1(S(=O)(=O)C2(C)CC2)CC1. The predicted octanol–water partition coefficient (Wildman–Crippen LogP) is 2.53. The molecule has 0 aliphatic heterocycles. The third-order valence-electron chi connectivity index (χ3n) is 4.19. The minimum atomic E-state index is -2.91. The molecule has 2 rings (SSSR count). The standard InChI is InChI=1S/C11H20O2S/c1-9(2,3)11(7-8-11)14(12,13)10(4)5-6-10/h5-8H2,1-4H3. The van der Waals surface area contributed by atoms with Crippen molar-refractivity contribution in [3.05, 3.63) is 0 Å². The maximum atomic E-state index is 12.4. The highest BCUT2D eigenvalue weighted by atomic mass is 32.2. The third-order valence-corrected chi connectivity index (χ3v) is 7.94. The van der Waals surface area contributed by atoms with Gasteiger partial charge in [0.15, 0.2) is 9.84 Å². The number of sulfone groups is 1. The molecule has 3 heteroatoms. The van der Waals surface area contributed by atoms with Gasteiger partial charge in [0.25, 0.3) is 0 Å². The zero-order valence-corrected chi connectivity index (χ0v) is 10.4. The molecule has 0 aromatic carbocycles. The van der Waals surface area contributed by atoms with E-state index in [0.717, 1.165) is 25.7 Å². The van der Waals surface area contributed by atoms with E-state index in [2.05, 4.69) is 20.8 Å². The molecule has 2 aliphatic rings. The molecule has 2 aliphatic carbocycles. The Bertz CT molecular complexity index is 351. The van der Waals surface area contributed by atoms with Crippen molar-refractivity contribution < 1.29 is 8.42 Å². The molecule has 0 unspecified atom stereocenters. The van der Waals surface area contributed by atoms with Crippen LogP contribution in [0.1, 0.15) is 53.4 Å². The third kappa shape index (κ3) is 1.05. The fourth-order valence-electron chi connectivity index (χ4n) is 2.45. The minimum absolute atomic E-state index is 0.0998. The molecule has 0 saturated heterocycles. The second-order valence-electron chi connectivity index (χ2n) is 6.20. The van der Waals surface area contributed by atoms with Gasteiger partial charge in [0, 0.05) is 0 Å². The summed E-state index contributed by atoms with van der Waals surface area (Å²) >= 11 is 0. The summed E-state index contributed by atoms with van der Waals surface area (Å²) in [5.41, 5.74) is -0.0998. The molecule has 2 saturated carbocycles. The number of hydrogen-bond donors (Lipinski definition) is 0. The first-order chi connectivity index (χ1) is 6.16.